The Labute approximate surface area is 73.6 Å². The summed E-state index contributed by atoms with van der Waals surface area (Å²) in [6.07, 6.45) is -4.29. The second-order valence-electron chi connectivity index (χ2n) is 2.01. The van der Waals surface area contributed by atoms with Crippen LogP contribution < -0.4 is 6.15 Å². The van der Waals surface area contributed by atoms with Gasteiger partial charge in [-0.25, -0.2) is 0 Å². The van der Waals surface area contributed by atoms with Crippen LogP contribution in [0.25, 0.3) is 0 Å². The summed E-state index contributed by atoms with van der Waals surface area (Å²) in [5, 5.41) is 0. The zero-order valence-corrected chi connectivity index (χ0v) is 6.99. The molecule has 3 N–H and O–H groups in total. The first-order valence-electron chi connectivity index (χ1n) is 2.87. The van der Waals surface area contributed by atoms with Gasteiger partial charge in [0.05, 0.1) is 5.56 Å². The molecular formula is C7H8F3NS. The van der Waals surface area contributed by atoms with Gasteiger partial charge >= 0.3 is 6.18 Å². The number of rotatable bonds is 0. The molecule has 0 atom stereocenters. The van der Waals surface area contributed by atoms with Gasteiger partial charge in [-0.15, -0.1) is 12.6 Å². The van der Waals surface area contributed by atoms with Crippen LogP contribution in [0.2, 0.25) is 0 Å². The van der Waals surface area contributed by atoms with Crippen molar-refractivity contribution in [2.75, 3.05) is 0 Å². The Balaban J connectivity index is 0.00000121. The fraction of sp³-hybridized carbons (Fsp3) is 0.143. The molecule has 0 spiro atoms. The highest BCUT2D eigenvalue weighted by Gasteiger charge is 2.31. The molecule has 0 aliphatic carbocycles. The molecular weight excluding hydrogens is 187 g/mol. The lowest BCUT2D eigenvalue weighted by Crippen LogP contribution is -2.05. The molecule has 5 heteroatoms. The molecule has 0 heterocycles. The van der Waals surface area contributed by atoms with Crippen molar-refractivity contribution in [2.24, 2.45) is 0 Å². The van der Waals surface area contributed by atoms with E-state index < -0.39 is 11.7 Å². The molecule has 68 valence electrons. The molecule has 0 saturated heterocycles. The second kappa shape index (κ2) is 3.82. The Morgan fingerprint density at radius 3 is 1.92 bits per heavy atom. The van der Waals surface area contributed by atoms with Crippen molar-refractivity contribution < 1.29 is 13.2 Å². The first-order valence-corrected chi connectivity index (χ1v) is 3.32. The van der Waals surface area contributed by atoms with Gasteiger partial charge in [-0.3, -0.25) is 0 Å². The maximum absolute atomic E-state index is 12.0. The lowest BCUT2D eigenvalue weighted by Gasteiger charge is -2.07. The summed E-state index contributed by atoms with van der Waals surface area (Å²) in [5.41, 5.74) is -0.691. The molecule has 0 fully saturated rings. The van der Waals surface area contributed by atoms with Gasteiger partial charge < -0.3 is 6.15 Å². The number of alkyl halides is 3. The summed E-state index contributed by atoms with van der Waals surface area (Å²) in [7, 11) is 0. The molecule has 0 aliphatic heterocycles. The molecule has 0 amide bonds. The van der Waals surface area contributed by atoms with Crippen LogP contribution in [-0.2, 0) is 6.18 Å². The Morgan fingerprint density at radius 1 is 1.08 bits per heavy atom. The molecule has 0 aromatic heterocycles. The molecule has 12 heavy (non-hydrogen) atoms. The second-order valence-corrected chi connectivity index (χ2v) is 2.50. The predicted octanol–water partition coefficient (Wildman–Crippen LogP) is 3.16. The van der Waals surface area contributed by atoms with Crippen LogP contribution in [0.1, 0.15) is 5.56 Å². The summed E-state index contributed by atoms with van der Waals surface area (Å²) >= 11 is 3.67. The Morgan fingerprint density at radius 2 is 1.58 bits per heavy atom. The normalized spacial score (nSPS) is 10.7. The van der Waals surface area contributed by atoms with Gasteiger partial charge in [-0.1, -0.05) is 12.1 Å². The van der Waals surface area contributed by atoms with Crippen LogP contribution in [0.4, 0.5) is 13.2 Å². The molecule has 1 aromatic rings. The first kappa shape index (κ1) is 11.3. The third kappa shape index (κ3) is 2.42. The van der Waals surface area contributed by atoms with Crippen molar-refractivity contribution in [3.8, 4) is 0 Å². The van der Waals surface area contributed by atoms with Crippen molar-refractivity contribution in [1.82, 2.24) is 6.15 Å². The average molecular weight is 195 g/mol. The standard InChI is InChI=1S/C7H5F3S.H3N/c8-7(9,10)5-3-1-2-4-6(5)11;/h1-4,11H;1H3. The minimum absolute atomic E-state index is 0. The van der Waals surface area contributed by atoms with E-state index in [-0.39, 0.29) is 11.0 Å². The highest BCUT2D eigenvalue weighted by atomic mass is 32.1. The number of hydrogen-bond donors (Lipinski definition) is 2. The van der Waals surface area contributed by atoms with Gasteiger partial charge in [0.2, 0.25) is 0 Å². The van der Waals surface area contributed by atoms with Crippen LogP contribution in [0, 0.1) is 0 Å². The summed E-state index contributed by atoms with van der Waals surface area (Å²) < 4.78 is 36.0. The van der Waals surface area contributed by atoms with E-state index in [0.29, 0.717) is 0 Å². The first-order chi connectivity index (χ1) is 5.02. The highest BCUT2D eigenvalue weighted by molar-refractivity contribution is 7.80. The zero-order chi connectivity index (χ0) is 8.48. The van der Waals surface area contributed by atoms with Crippen LogP contribution in [-0.4, -0.2) is 0 Å². The van der Waals surface area contributed by atoms with Crippen LogP contribution in [0.5, 0.6) is 0 Å². The fourth-order valence-electron chi connectivity index (χ4n) is 0.713. The Kier molecular flexibility index (Phi) is 3.60. The van der Waals surface area contributed by atoms with Gasteiger partial charge in [0.25, 0.3) is 0 Å². The Hall–Kier alpha value is -0.680. The molecule has 0 radical (unpaired) electrons. The number of hydrogen-bond acceptors (Lipinski definition) is 2. The topological polar surface area (TPSA) is 35.0 Å². The van der Waals surface area contributed by atoms with E-state index in [9.17, 15) is 13.2 Å². The fourth-order valence-corrected chi connectivity index (χ4v) is 1.00. The SMILES string of the molecule is FC(F)(F)c1ccccc1S.N. The molecule has 1 nitrogen and oxygen atoms in total. The minimum Gasteiger partial charge on any atom is -0.344 e. The Bertz CT molecular complexity index is 259. The highest BCUT2D eigenvalue weighted by Crippen LogP contribution is 2.33. The monoisotopic (exact) mass is 195 g/mol. The zero-order valence-electron chi connectivity index (χ0n) is 6.10. The maximum atomic E-state index is 12.0. The summed E-state index contributed by atoms with van der Waals surface area (Å²) in [6.45, 7) is 0. The van der Waals surface area contributed by atoms with E-state index in [0.717, 1.165) is 6.07 Å². The number of thiol groups is 1. The third-order valence-electron chi connectivity index (χ3n) is 1.21. The summed E-state index contributed by atoms with van der Waals surface area (Å²) in [5.74, 6) is 0. The van der Waals surface area contributed by atoms with E-state index in [1.165, 1.54) is 18.2 Å². The van der Waals surface area contributed by atoms with Gasteiger partial charge in [-0.2, -0.15) is 13.2 Å². The van der Waals surface area contributed by atoms with Crippen molar-refractivity contribution in [3.05, 3.63) is 29.8 Å². The van der Waals surface area contributed by atoms with Crippen LogP contribution in [0.3, 0.4) is 0 Å². The van der Waals surface area contributed by atoms with Gasteiger partial charge in [0, 0.05) is 4.90 Å². The van der Waals surface area contributed by atoms with Gasteiger partial charge in [0.1, 0.15) is 0 Å². The van der Waals surface area contributed by atoms with E-state index in [1.54, 1.807) is 0 Å². The maximum Gasteiger partial charge on any atom is 0.417 e. The van der Waals surface area contributed by atoms with E-state index in [4.69, 9.17) is 0 Å². The van der Waals surface area contributed by atoms with Crippen molar-refractivity contribution >= 4 is 12.6 Å². The largest absolute Gasteiger partial charge is 0.417 e. The van der Waals surface area contributed by atoms with E-state index in [2.05, 4.69) is 12.6 Å². The van der Waals surface area contributed by atoms with Crippen LogP contribution >= 0.6 is 12.6 Å². The number of halogens is 3. The smallest absolute Gasteiger partial charge is 0.344 e. The lowest BCUT2D eigenvalue weighted by molar-refractivity contribution is -0.139. The minimum atomic E-state index is -4.29. The van der Waals surface area contributed by atoms with E-state index >= 15 is 0 Å². The molecule has 0 aliphatic rings. The molecule has 1 aromatic carbocycles. The summed E-state index contributed by atoms with van der Waals surface area (Å²) in [4.78, 5) is -0.0417. The quantitative estimate of drug-likeness (QED) is 0.613. The molecule has 0 saturated carbocycles. The average Bonchev–Trinajstić information content (AvgIpc) is 1.86. The van der Waals surface area contributed by atoms with Crippen LogP contribution in [0.15, 0.2) is 29.2 Å². The molecule has 0 bridgehead atoms. The van der Waals surface area contributed by atoms with Gasteiger partial charge in [-0.05, 0) is 12.1 Å². The predicted molar refractivity (Wildman–Crippen MR) is 43.7 cm³/mol. The number of benzene rings is 1. The van der Waals surface area contributed by atoms with Crippen molar-refractivity contribution in [2.45, 2.75) is 11.1 Å². The van der Waals surface area contributed by atoms with Gasteiger partial charge in [0.15, 0.2) is 0 Å². The summed E-state index contributed by atoms with van der Waals surface area (Å²) in [6, 6.07) is 5.16. The van der Waals surface area contributed by atoms with Crippen molar-refractivity contribution in [3.63, 3.8) is 0 Å². The van der Waals surface area contributed by atoms with Crippen molar-refractivity contribution in [1.29, 1.82) is 0 Å². The lowest BCUT2D eigenvalue weighted by atomic mass is 10.2. The van der Waals surface area contributed by atoms with E-state index in [1.807, 2.05) is 0 Å². The third-order valence-corrected chi connectivity index (χ3v) is 1.60. The molecule has 0 unspecified atom stereocenters. The molecule has 1 rings (SSSR count).